The van der Waals surface area contributed by atoms with Crippen LogP contribution in [0, 0.1) is 0 Å². The molecule has 1 atom stereocenters. The zero-order chi connectivity index (χ0) is 13.0. The van der Waals surface area contributed by atoms with Crippen LogP contribution in [-0.2, 0) is 11.2 Å². The van der Waals surface area contributed by atoms with Gasteiger partial charge in [-0.3, -0.25) is 9.78 Å². The number of rotatable bonds is 5. The summed E-state index contributed by atoms with van der Waals surface area (Å²) in [5.74, 6) is -0.885. The molecule has 0 aliphatic carbocycles. The summed E-state index contributed by atoms with van der Waals surface area (Å²) in [4.78, 5) is 19.1. The molecule has 18 heavy (non-hydrogen) atoms. The van der Waals surface area contributed by atoms with Crippen molar-refractivity contribution < 1.29 is 9.90 Å². The Morgan fingerprint density at radius 3 is 2.94 bits per heavy atom. The van der Waals surface area contributed by atoms with E-state index in [1.165, 1.54) is 11.3 Å². The van der Waals surface area contributed by atoms with Crippen LogP contribution in [-0.4, -0.2) is 27.1 Å². The van der Waals surface area contributed by atoms with Gasteiger partial charge >= 0.3 is 5.97 Å². The molecule has 3 N–H and O–H groups in total. The first-order valence-electron chi connectivity index (χ1n) is 5.48. The maximum absolute atomic E-state index is 10.5. The number of carboxylic acids is 1. The number of hydrogen-bond donors (Lipinski definition) is 2. The highest BCUT2D eigenvalue weighted by Gasteiger charge is 2.12. The van der Waals surface area contributed by atoms with Crippen LogP contribution < -0.4 is 5.73 Å². The summed E-state index contributed by atoms with van der Waals surface area (Å²) in [5.41, 5.74) is 7.34. The van der Waals surface area contributed by atoms with Crippen LogP contribution in [0.5, 0.6) is 0 Å². The molecule has 5 nitrogen and oxygen atoms in total. The number of carboxylic acid groups (broad SMARTS) is 1. The van der Waals surface area contributed by atoms with Gasteiger partial charge in [0.2, 0.25) is 0 Å². The molecule has 0 fully saturated rings. The lowest BCUT2D eigenvalue weighted by atomic mass is 10.1. The largest absolute Gasteiger partial charge is 0.481 e. The molecular weight excluding hydrogens is 250 g/mol. The lowest BCUT2D eigenvalue weighted by Crippen LogP contribution is -2.26. The fourth-order valence-electron chi connectivity index (χ4n) is 1.56. The Labute approximate surface area is 108 Å². The summed E-state index contributed by atoms with van der Waals surface area (Å²) in [6, 6.07) is 5.23. The van der Waals surface area contributed by atoms with Gasteiger partial charge < -0.3 is 10.8 Å². The van der Waals surface area contributed by atoms with Crippen molar-refractivity contribution in [2.24, 2.45) is 5.73 Å². The van der Waals surface area contributed by atoms with E-state index in [9.17, 15) is 4.79 Å². The fourth-order valence-corrected chi connectivity index (χ4v) is 2.44. The average molecular weight is 263 g/mol. The minimum Gasteiger partial charge on any atom is -0.481 e. The van der Waals surface area contributed by atoms with Crippen LogP contribution in [0.2, 0.25) is 0 Å². The Morgan fingerprint density at radius 1 is 1.44 bits per heavy atom. The Balaban J connectivity index is 2.05. The minimum absolute atomic E-state index is 0.0432. The van der Waals surface area contributed by atoms with Crippen molar-refractivity contribution in [1.82, 2.24) is 9.97 Å². The summed E-state index contributed by atoms with van der Waals surface area (Å²) in [7, 11) is 0. The highest BCUT2D eigenvalue weighted by molar-refractivity contribution is 7.09. The Hall–Kier alpha value is -1.79. The summed E-state index contributed by atoms with van der Waals surface area (Å²) >= 11 is 1.48. The van der Waals surface area contributed by atoms with Gasteiger partial charge in [0.25, 0.3) is 0 Å². The van der Waals surface area contributed by atoms with Crippen molar-refractivity contribution in [3.8, 4) is 11.4 Å². The molecule has 0 saturated heterocycles. The molecule has 0 spiro atoms. The van der Waals surface area contributed by atoms with Gasteiger partial charge in [-0.25, -0.2) is 4.98 Å². The number of pyridine rings is 1. The zero-order valence-electron chi connectivity index (χ0n) is 9.61. The predicted octanol–water partition coefficient (Wildman–Crippen LogP) is 1.55. The van der Waals surface area contributed by atoms with E-state index in [0.29, 0.717) is 6.42 Å². The topological polar surface area (TPSA) is 89.1 Å². The number of nitrogens with two attached hydrogens (primary N) is 1. The van der Waals surface area contributed by atoms with Crippen molar-refractivity contribution in [3.63, 3.8) is 0 Å². The van der Waals surface area contributed by atoms with E-state index >= 15 is 0 Å². The van der Waals surface area contributed by atoms with Crippen LogP contribution in [0.4, 0.5) is 0 Å². The van der Waals surface area contributed by atoms with Crippen LogP contribution in [0.15, 0.2) is 29.8 Å². The summed E-state index contributed by atoms with van der Waals surface area (Å²) in [6.07, 6.45) is 2.15. The predicted molar refractivity (Wildman–Crippen MR) is 69.3 cm³/mol. The van der Waals surface area contributed by atoms with Crippen molar-refractivity contribution in [2.45, 2.75) is 18.9 Å². The molecule has 0 aromatic carbocycles. The second-order valence-corrected chi connectivity index (χ2v) is 4.85. The van der Waals surface area contributed by atoms with E-state index in [1.54, 1.807) is 6.20 Å². The maximum atomic E-state index is 10.5. The summed E-state index contributed by atoms with van der Waals surface area (Å²) < 4.78 is 0. The van der Waals surface area contributed by atoms with E-state index in [1.807, 2.05) is 23.6 Å². The molecule has 2 rings (SSSR count). The van der Waals surface area contributed by atoms with Gasteiger partial charge in [-0.05, 0) is 12.1 Å². The molecule has 94 valence electrons. The van der Waals surface area contributed by atoms with Crippen molar-refractivity contribution in [2.75, 3.05) is 0 Å². The van der Waals surface area contributed by atoms with E-state index in [-0.39, 0.29) is 6.42 Å². The summed E-state index contributed by atoms with van der Waals surface area (Å²) in [6.45, 7) is 0. The molecule has 2 aromatic heterocycles. The second kappa shape index (κ2) is 5.70. The first kappa shape index (κ1) is 12.7. The van der Waals surface area contributed by atoms with Crippen LogP contribution in [0.1, 0.15) is 11.4 Å². The number of aromatic nitrogens is 2. The highest BCUT2D eigenvalue weighted by atomic mass is 32.1. The van der Waals surface area contributed by atoms with Gasteiger partial charge in [0, 0.05) is 24.0 Å². The second-order valence-electron chi connectivity index (χ2n) is 3.90. The quantitative estimate of drug-likeness (QED) is 0.854. The zero-order valence-corrected chi connectivity index (χ0v) is 10.4. The normalized spacial score (nSPS) is 12.3. The van der Waals surface area contributed by atoms with E-state index in [4.69, 9.17) is 10.8 Å². The smallest absolute Gasteiger partial charge is 0.304 e. The molecule has 0 aliphatic rings. The number of thiazole rings is 1. The molecule has 2 aromatic rings. The standard InChI is InChI=1S/C12H13N3O2S/c13-8(6-12(16)17)5-11-15-10(7-18-11)9-3-1-2-4-14-9/h1-4,7-8H,5-6,13H2,(H,16,17). The van der Waals surface area contributed by atoms with Crippen molar-refractivity contribution in [3.05, 3.63) is 34.8 Å². The van der Waals surface area contributed by atoms with E-state index < -0.39 is 12.0 Å². The van der Waals surface area contributed by atoms with Crippen molar-refractivity contribution >= 4 is 17.3 Å². The van der Waals surface area contributed by atoms with Gasteiger partial charge in [-0.1, -0.05) is 6.07 Å². The van der Waals surface area contributed by atoms with Gasteiger partial charge in [-0.15, -0.1) is 11.3 Å². The van der Waals surface area contributed by atoms with Gasteiger partial charge in [-0.2, -0.15) is 0 Å². The summed E-state index contributed by atoms with van der Waals surface area (Å²) in [5, 5.41) is 11.4. The third-order valence-electron chi connectivity index (χ3n) is 2.35. The molecule has 0 aliphatic heterocycles. The third-order valence-corrected chi connectivity index (χ3v) is 3.22. The van der Waals surface area contributed by atoms with Crippen LogP contribution >= 0.6 is 11.3 Å². The lowest BCUT2D eigenvalue weighted by Gasteiger charge is -2.05. The molecule has 0 bridgehead atoms. The first-order valence-corrected chi connectivity index (χ1v) is 6.36. The van der Waals surface area contributed by atoms with E-state index in [0.717, 1.165) is 16.4 Å². The molecule has 0 saturated carbocycles. The van der Waals surface area contributed by atoms with Gasteiger partial charge in [0.05, 0.1) is 22.8 Å². The van der Waals surface area contributed by atoms with Gasteiger partial charge in [0.15, 0.2) is 0 Å². The maximum Gasteiger partial charge on any atom is 0.304 e. The highest BCUT2D eigenvalue weighted by Crippen LogP contribution is 2.20. The monoisotopic (exact) mass is 263 g/mol. The average Bonchev–Trinajstić information content (AvgIpc) is 2.77. The number of carbonyl (C=O) groups is 1. The fraction of sp³-hybridized carbons (Fsp3) is 0.250. The molecule has 6 heteroatoms. The lowest BCUT2D eigenvalue weighted by molar-refractivity contribution is -0.137. The van der Waals surface area contributed by atoms with Gasteiger partial charge in [0.1, 0.15) is 0 Å². The van der Waals surface area contributed by atoms with E-state index in [2.05, 4.69) is 9.97 Å². The Morgan fingerprint density at radius 2 is 2.28 bits per heavy atom. The van der Waals surface area contributed by atoms with Crippen LogP contribution in [0.25, 0.3) is 11.4 Å². The third kappa shape index (κ3) is 3.35. The number of nitrogens with zero attached hydrogens (tertiary/aromatic N) is 2. The number of hydrogen-bond acceptors (Lipinski definition) is 5. The Kier molecular flexibility index (Phi) is 4.01. The molecule has 0 amide bonds. The number of aliphatic carboxylic acids is 1. The molecule has 0 radical (unpaired) electrons. The minimum atomic E-state index is -0.885. The van der Waals surface area contributed by atoms with Crippen molar-refractivity contribution in [1.29, 1.82) is 0 Å². The van der Waals surface area contributed by atoms with Crippen LogP contribution in [0.3, 0.4) is 0 Å². The molecular formula is C12H13N3O2S. The Bertz CT molecular complexity index is 527. The SMILES string of the molecule is NC(CC(=O)O)Cc1nc(-c2ccccn2)cs1. The molecule has 2 heterocycles. The first-order chi connectivity index (χ1) is 8.65. The molecule has 1 unspecified atom stereocenters.